The van der Waals surface area contributed by atoms with Gasteiger partial charge in [-0.3, -0.25) is 4.79 Å². The van der Waals surface area contributed by atoms with E-state index in [1.165, 1.54) is 5.56 Å². The van der Waals surface area contributed by atoms with Crippen molar-refractivity contribution in [1.82, 2.24) is 9.21 Å². The highest BCUT2D eigenvalue weighted by Gasteiger charge is 2.31. The third-order valence-corrected chi connectivity index (χ3v) is 9.18. The number of rotatable bonds is 8. The van der Waals surface area contributed by atoms with Crippen LogP contribution in [0.4, 0.5) is 5.69 Å². The molecule has 4 rings (SSSR count). The van der Waals surface area contributed by atoms with Crippen LogP contribution in [0.5, 0.6) is 5.75 Å². The summed E-state index contributed by atoms with van der Waals surface area (Å²) in [5.41, 5.74) is 2.08. The molecule has 0 bridgehead atoms. The normalized spacial score (nSPS) is 18.0. The molecule has 2 aromatic carbocycles. The zero-order valence-corrected chi connectivity index (χ0v) is 22.5. The van der Waals surface area contributed by atoms with E-state index in [2.05, 4.69) is 43.0 Å². The summed E-state index contributed by atoms with van der Waals surface area (Å²) < 4.78 is 34.3. The number of carbonyl (C=O) groups is 1. The molecule has 2 aliphatic rings. The molecule has 0 spiro atoms. The number of benzene rings is 2. The molecule has 0 aromatic heterocycles. The second-order valence-electron chi connectivity index (χ2n) is 10.3. The molecule has 0 N–H and O–H groups in total. The summed E-state index contributed by atoms with van der Waals surface area (Å²) in [6.07, 6.45) is 3.28. The zero-order chi connectivity index (χ0) is 25.7. The highest BCUT2D eigenvalue weighted by molar-refractivity contribution is 7.89. The molecule has 0 radical (unpaired) electrons. The van der Waals surface area contributed by atoms with E-state index >= 15 is 0 Å². The van der Waals surface area contributed by atoms with Gasteiger partial charge in [0.15, 0.2) is 0 Å². The second kappa shape index (κ2) is 11.6. The summed E-state index contributed by atoms with van der Waals surface area (Å²) in [6.45, 7) is 7.73. The minimum atomic E-state index is -3.60. The lowest BCUT2D eigenvalue weighted by atomic mass is 9.91. The van der Waals surface area contributed by atoms with Gasteiger partial charge in [0.05, 0.1) is 17.7 Å². The molecule has 36 heavy (non-hydrogen) atoms. The first-order chi connectivity index (χ1) is 17.3. The molecule has 196 valence electrons. The lowest BCUT2D eigenvalue weighted by Crippen LogP contribution is -2.49. The smallest absolute Gasteiger partial charge is 0.243 e. The highest BCUT2D eigenvalue weighted by Crippen LogP contribution is 2.34. The van der Waals surface area contributed by atoms with E-state index in [0.717, 1.165) is 24.9 Å². The van der Waals surface area contributed by atoms with Crippen LogP contribution in [-0.4, -0.2) is 69.9 Å². The van der Waals surface area contributed by atoms with Crippen LogP contribution in [0.2, 0.25) is 0 Å². The van der Waals surface area contributed by atoms with E-state index in [1.807, 2.05) is 11.0 Å². The van der Waals surface area contributed by atoms with Crippen molar-refractivity contribution >= 4 is 21.6 Å². The van der Waals surface area contributed by atoms with Gasteiger partial charge in [0.2, 0.25) is 15.9 Å². The SMILES string of the molecule is COc1ccc(S(=O)(=O)N2CCC(Cc3ccccc3)CC2)cc1N1CCN(C(=O)CC(C)C)CC1. The molecule has 2 aliphatic heterocycles. The van der Waals surface area contributed by atoms with Crippen LogP contribution in [-0.2, 0) is 21.2 Å². The molecule has 8 heteroatoms. The predicted molar refractivity (Wildman–Crippen MR) is 143 cm³/mol. The summed E-state index contributed by atoms with van der Waals surface area (Å²) in [5.74, 6) is 1.67. The van der Waals surface area contributed by atoms with Crippen molar-refractivity contribution in [3.63, 3.8) is 0 Å². The second-order valence-corrected chi connectivity index (χ2v) is 12.3. The van der Waals surface area contributed by atoms with Crippen LogP contribution in [0.3, 0.4) is 0 Å². The maximum absolute atomic E-state index is 13.5. The number of hydrogen-bond donors (Lipinski definition) is 0. The number of ether oxygens (including phenoxy) is 1. The van der Waals surface area contributed by atoms with Crippen molar-refractivity contribution in [2.45, 2.75) is 44.4 Å². The Morgan fingerprint density at radius 3 is 2.25 bits per heavy atom. The summed E-state index contributed by atoms with van der Waals surface area (Å²) in [6, 6.07) is 15.6. The van der Waals surface area contributed by atoms with Crippen molar-refractivity contribution in [3.8, 4) is 5.75 Å². The van der Waals surface area contributed by atoms with E-state index in [9.17, 15) is 13.2 Å². The fraction of sp³-hybridized carbons (Fsp3) is 0.536. The van der Waals surface area contributed by atoms with Gasteiger partial charge < -0.3 is 14.5 Å². The van der Waals surface area contributed by atoms with Crippen molar-refractivity contribution in [3.05, 3.63) is 54.1 Å². The molecule has 1 amide bonds. The largest absolute Gasteiger partial charge is 0.495 e. The lowest BCUT2D eigenvalue weighted by molar-refractivity contribution is -0.132. The van der Waals surface area contributed by atoms with E-state index < -0.39 is 10.0 Å². The minimum absolute atomic E-state index is 0.184. The van der Waals surface area contributed by atoms with Crippen molar-refractivity contribution < 1.29 is 17.9 Å². The summed E-state index contributed by atoms with van der Waals surface area (Å²) in [5, 5.41) is 0. The third-order valence-electron chi connectivity index (χ3n) is 7.28. The lowest BCUT2D eigenvalue weighted by Gasteiger charge is -2.37. The van der Waals surface area contributed by atoms with Crippen LogP contribution >= 0.6 is 0 Å². The number of piperidine rings is 1. The number of anilines is 1. The fourth-order valence-corrected chi connectivity index (χ4v) is 6.69. The topological polar surface area (TPSA) is 70.2 Å². The van der Waals surface area contributed by atoms with Crippen molar-refractivity contribution in [1.29, 1.82) is 0 Å². The molecule has 2 aromatic rings. The van der Waals surface area contributed by atoms with Crippen molar-refractivity contribution in [2.24, 2.45) is 11.8 Å². The number of carbonyl (C=O) groups excluding carboxylic acids is 1. The maximum atomic E-state index is 13.5. The number of sulfonamides is 1. The van der Waals surface area contributed by atoms with Gasteiger partial charge >= 0.3 is 0 Å². The first kappa shape index (κ1) is 26.5. The van der Waals surface area contributed by atoms with Crippen LogP contribution in [0.25, 0.3) is 0 Å². The van der Waals surface area contributed by atoms with Crippen LogP contribution < -0.4 is 9.64 Å². The minimum Gasteiger partial charge on any atom is -0.495 e. The van der Waals surface area contributed by atoms with E-state index in [4.69, 9.17) is 4.74 Å². The predicted octanol–water partition coefficient (Wildman–Crippen LogP) is 4.03. The van der Waals surface area contributed by atoms with Gasteiger partial charge in [-0.25, -0.2) is 8.42 Å². The number of nitrogens with zero attached hydrogens (tertiary/aromatic N) is 3. The van der Waals surface area contributed by atoms with Gasteiger partial charge in [0.1, 0.15) is 5.75 Å². The Morgan fingerprint density at radius 1 is 0.972 bits per heavy atom. The van der Waals surface area contributed by atoms with Gasteiger partial charge in [-0.2, -0.15) is 4.31 Å². The molecule has 2 fully saturated rings. The number of amides is 1. The van der Waals surface area contributed by atoms with E-state index in [-0.39, 0.29) is 5.91 Å². The molecular weight excluding hydrogens is 474 g/mol. The quantitative estimate of drug-likeness (QED) is 0.533. The first-order valence-corrected chi connectivity index (χ1v) is 14.5. The molecule has 2 heterocycles. The first-order valence-electron chi connectivity index (χ1n) is 13.0. The zero-order valence-electron chi connectivity index (χ0n) is 21.7. The molecular formula is C28H39N3O4S. The van der Waals surface area contributed by atoms with Gasteiger partial charge in [-0.05, 0) is 54.9 Å². The number of hydrogen-bond acceptors (Lipinski definition) is 5. The summed E-state index contributed by atoms with van der Waals surface area (Å²) >= 11 is 0. The highest BCUT2D eigenvalue weighted by atomic mass is 32.2. The Labute approximate surface area is 216 Å². The third kappa shape index (κ3) is 6.21. The van der Waals surface area contributed by atoms with Gasteiger partial charge in [-0.1, -0.05) is 44.2 Å². The number of piperazine rings is 1. The number of methoxy groups -OCH3 is 1. The van der Waals surface area contributed by atoms with Crippen LogP contribution in [0.15, 0.2) is 53.4 Å². The molecule has 7 nitrogen and oxygen atoms in total. The summed E-state index contributed by atoms with van der Waals surface area (Å²) in [7, 11) is -1.99. The average molecular weight is 514 g/mol. The Balaban J connectivity index is 1.42. The monoisotopic (exact) mass is 513 g/mol. The Morgan fingerprint density at radius 2 is 1.64 bits per heavy atom. The average Bonchev–Trinajstić information content (AvgIpc) is 2.89. The maximum Gasteiger partial charge on any atom is 0.243 e. The van der Waals surface area contributed by atoms with E-state index in [0.29, 0.717) is 68.2 Å². The molecule has 0 unspecified atom stereocenters. The Hall–Kier alpha value is -2.58. The Bertz CT molecular complexity index is 1120. The molecule has 0 aliphatic carbocycles. The van der Waals surface area contributed by atoms with Crippen LogP contribution in [0, 0.1) is 11.8 Å². The molecule has 2 saturated heterocycles. The van der Waals surface area contributed by atoms with Gasteiger partial charge in [0, 0.05) is 45.7 Å². The van der Waals surface area contributed by atoms with Crippen molar-refractivity contribution in [2.75, 3.05) is 51.3 Å². The summed E-state index contributed by atoms with van der Waals surface area (Å²) in [4.78, 5) is 16.8. The molecule has 0 saturated carbocycles. The van der Waals surface area contributed by atoms with Gasteiger partial charge in [-0.15, -0.1) is 0 Å². The fourth-order valence-electron chi connectivity index (χ4n) is 5.20. The molecule has 0 atom stereocenters. The van der Waals surface area contributed by atoms with E-state index in [1.54, 1.807) is 29.6 Å². The van der Waals surface area contributed by atoms with Crippen LogP contribution in [0.1, 0.15) is 38.7 Å². The van der Waals surface area contributed by atoms with Gasteiger partial charge in [0.25, 0.3) is 0 Å². The standard InChI is InChI=1S/C28H39N3O4S/c1-22(2)19-28(32)30-17-15-29(16-18-30)26-21-25(9-10-27(26)35-3)36(33,34)31-13-11-24(12-14-31)20-23-7-5-4-6-8-23/h4-10,21-22,24H,11-20H2,1-3H3. The Kier molecular flexibility index (Phi) is 8.57.